The summed E-state index contributed by atoms with van der Waals surface area (Å²) in [5, 5.41) is 10.7. The molecule has 1 aromatic heterocycles. The zero-order valence-corrected chi connectivity index (χ0v) is 39.0. The third kappa shape index (κ3) is 11.2. The lowest BCUT2D eigenvalue weighted by atomic mass is 9.94. The van der Waals surface area contributed by atoms with E-state index in [0.717, 1.165) is 21.6 Å². The van der Waals surface area contributed by atoms with Crippen molar-refractivity contribution in [3.05, 3.63) is 133 Å². The molecule has 3 heterocycles. The van der Waals surface area contributed by atoms with Gasteiger partial charge < -0.3 is 30.0 Å². The molecule has 0 spiro atoms. The van der Waals surface area contributed by atoms with E-state index in [1.165, 1.54) is 4.90 Å². The van der Waals surface area contributed by atoms with Gasteiger partial charge >= 0.3 is 0 Å². The summed E-state index contributed by atoms with van der Waals surface area (Å²) in [6.45, 7) is 12.4. The Balaban J connectivity index is 1.11. The third-order valence-corrected chi connectivity index (χ3v) is 17.6. The summed E-state index contributed by atoms with van der Waals surface area (Å²) >= 11 is 0. The quantitative estimate of drug-likeness (QED) is 0.0734. The Morgan fingerprint density at radius 3 is 2.16 bits per heavy atom. The predicted octanol–water partition coefficient (Wildman–Crippen LogP) is 5.72. The first-order valence-corrected chi connectivity index (χ1v) is 24.4. The fraction of sp³-hybridized carbons (Fsp3) is 0.412. The molecule has 3 N–H and O–H groups in total. The van der Waals surface area contributed by atoms with Gasteiger partial charge in [-0.05, 0) is 104 Å². The number of nitrogens with zero attached hydrogens (tertiary/aromatic N) is 2. The highest BCUT2D eigenvalue weighted by molar-refractivity contribution is 6.99. The maximum absolute atomic E-state index is 14.3. The second kappa shape index (κ2) is 21.2. The zero-order chi connectivity index (χ0) is 45.9. The number of unbranched alkanes of at least 4 members (excludes halogenated alkanes) is 1. The molecule has 2 aliphatic rings. The van der Waals surface area contributed by atoms with E-state index in [9.17, 15) is 24.0 Å². The van der Waals surface area contributed by atoms with Gasteiger partial charge in [0.1, 0.15) is 42.1 Å². The smallest absolute Gasteiger partial charge is 0.262 e. The Morgan fingerprint density at radius 1 is 0.891 bits per heavy atom. The lowest BCUT2D eigenvalue weighted by Gasteiger charge is -2.44. The van der Waals surface area contributed by atoms with Crippen LogP contribution in [0.4, 0.5) is 0 Å². The van der Waals surface area contributed by atoms with Crippen LogP contribution in [0.5, 0.6) is 5.75 Å². The minimum absolute atomic E-state index is 0.165. The van der Waals surface area contributed by atoms with E-state index in [-0.39, 0.29) is 36.0 Å². The SMILES string of the molecule is CC[C@]1(C)NC(=O)[C@H](CCC/C=C/C(=O)[C@@H](C)O[Si](c2ccccc2)(c2ccccc2)C(C)(C)C)NC(=O)[C@H]2CCCN2C(=O)[C@H](Cc2ccc(OCc3ccccn3)cc2)NC1=O. The van der Waals surface area contributed by atoms with Crippen molar-refractivity contribution >= 4 is 48.1 Å². The van der Waals surface area contributed by atoms with Crippen molar-refractivity contribution in [2.24, 2.45) is 0 Å². The number of allylic oxidation sites excluding steroid dienone is 1. The summed E-state index contributed by atoms with van der Waals surface area (Å²) < 4.78 is 12.9. The van der Waals surface area contributed by atoms with Crippen LogP contribution in [-0.4, -0.2) is 83.9 Å². The number of ketones is 1. The number of fused-ring (bicyclic) bond motifs is 1. The lowest BCUT2D eigenvalue weighted by molar-refractivity contribution is -0.144. The van der Waals surface area contributed by atoms with Gasteiger partial charge in [0.05, 0.1) is 5.69 Å². The Labute approximate surface area is 378 Å². The fourth-order valence-corrected chi connectivity index (χ4v) is 13.3. The number of nitrogens with one attached hydrogen (secondary N) is 3. The molecule has 0 bridgehead atoms. The normalized spacial score (nSPS) is 21.5. The van der Waals surface area contributed by atoms with E-state index in [1.54, 1.807) is 39.1 Å². The van der Waals surface area contributed by atoms with Crippen molar-refractivity contribution in [1.29, 1.82) is 0 Å². The van der Waals surface area contributed by atoms with E-state index in [1.807, 2.05) is 78.9 Å². The molecule has 0 radical (unpaired) electrons. The standard InChI is InChI=1S/C51H63N5O7Si/c1-7-51(6)49(61)54-43(34-37-28-30-39(31-29-37)62-35-38-20-17-18-32-52-38)48(60)56-33-19-26-44(56)47(59)53-42(46(58)55-51)25-15-10-16-27-45(57)36(2)63-64(50(3,4)5,40-21-11-8-12-22-40)41-23-13-9-14-24-41/h8-9,11-14,16-18,20-24,27-32,36,42-44H,7,10,15,19,25-26,33-35H2,1-6H3,(H,53,59)(H,54,61)(H,55,58)/b27-16+/t36-,42+,43+,44-,51+/m1/s1. The molecule has 64 heavy (non-hydrogen) atoms. The van der Waals surface area contributed by atoms with Gasteiger partial charge in [0, 0.05) is 19.2 Å². The Kier molecular flexibility index (Phi) is 15.7. The molecule has 0 aliphatic carbocycles. The van der Waals surface area contributed by atoms with Gasteiger partial charge in [0.15, 0.2) is 5.78 Å². The van der Waals surface area contributed by atoms with Crippen molar-refractivity contribution in [1.82, 2.24) is 25.8 Å². The molecule has 6 rings (SSSR count). The monoisotopic (exact) mass is 885 g/mol. The zero-order valence-electron chi connectivity index (χ0n) is 38.0. The second-order valence-corrected chi connectivity index (χ2v) is 22.3. The van der Waals surface area contributed by atoms with Gasteiger partial charge in [-0.3, -0.25) is 29.0 Å². The lowest BCUT2D eigenvalue weighted by Crippen LogP contribution is -2.68. The number of amides is 4. The number of aromatic nitrogens is 1. The number of ether oxygens (including phenoxy) is 1. The molecule has 3 aromatic carbocycles. The van der Waals surface area contributed by atoms with Crippen LogP contribution in [0.25, 0.3) is 0 Å². The highest BCUT2D eigenvalue weighted by Crippen LogP contribution is 2.37. The molecule has 0 saturated carbocycles. The Bertz CT molecular complexity index is 2210. The molecule has 2 saturated heterocycles. The summed E-state index contributed by atoms with van der Waals surface area (Å²) in [6, 6.07) is 30.5. The minimum Gasteiger partial charge on any atom is -0.487 e. The van der Waals surface area contributed by atoms with Crippen LogP contribution in [0.15, 0.2) is 121 Å². The third-order valence-electron chi connectivity index (χ3n) is 12.5. The number of rotatable bonds is 16. The molecule has 5 atom stereocenters. The van der Waals surface area contributed by atoms with Crippen LogP contribution in [0.3, 0.4) is 0 Å². The molecule has 2 fully saturated rings. The number of hydrogen-bond acceptors (Lipinski definition) is 8. The molecular weight excluding hydrogens is 823 g/mol. The summed E-state index contributed by atoms with van der Waals surface area (Å²) in [6.07, 6.45) is 6.92. The van der Waals surface area contributed by atoms with Crippen LogP contribution >= 0.6 is 0 Å². The molecule has 0 unspecified atom stereocenters. The largest absolute Gasteiger partial charge is 0.487 e. The maximum Gasteiger partial charge on any atom is 0.262 e. The van der Waals surface area contributed by atoms with Gasteiger partial charge in [-0.1, -0.05) is 113 Å². The van der Waals surface area contributed by atoms with Gasteiger partial charge in [-0.25, -0.2) is 0 Å². The topological polar surface area (TPSA) is 156 Å². The highest BCUT2D eigenvalue weighted by Gasteiger charge is 2.51. The van der Waals surface area contributed by atoms with Crippen molar-refractivity contribution in [3.8, 4) is 5.75 Å². The number of pyridine rings is 1. The van der Waals surface area contributed by atoms with E-state index >= 15 is 0 Å². The second-order valence-electron chi connectivity index (χ2n) is 18.1. The van der Waals surface area contributed by atoms with Crippen LogP contribution in [0.1, 0.15) is 91.3 Å². The summed E-state index contributed by atoms with van der Waals surface area (Å²) in [5.41, 5.74) is 0.203. The summed E-state index contributed by atoms with van der Waals surface area (Å²) in [5.74, 6) is -1.28. The van der Waals surface area contributed by atoms with E-state index < -0.39 is 55.8 Å². The van der Waals surface area contributed by atoms with Crippen molar-refractivity contribution in [3.63, 3.8) is 0 Å². The van der Waals surface area contributed by atoms with Gasteiger partial charge in [-0.15, -0.1) is 0 Å². The molecule has 12 nitrogen and oxygen atoms in total. The first-order chi connectivity index (χ1) is 30.6. The molecule has 4 amide bonds. The Morgan fingerprint density at radius 2 is 1.55 bits per heavy atom. The van der Waals surface area contributed by atoms with Gasteiger partial charge in [-0.2, -0.15) is 0 Å². The van der Waals surface area contributed by atoms with Gasteiger partial charge in [0.25, 0.3) is 8.32 Å². The average Bonchev–Trinajstić information content (AvgIpc) is 3.80. The van der Waals surface area contributed by atoms with Crippen LogP contribution in [-0.2, 0) is 41.4 Å². The first kappa shape index (κ1) is 47.6. The van der Waals surface area contributed by atoms with Crippen molar-refractivity contribution < 1.29 is 33.1 Å². The van der Waals surface area contributed by atoms with Crippen molar-refractivity contribution in [2.45, 2.75) is 128 Å². The molecule has 4 aromatic rings. The summed E-state index contributed by atoms with van der Waals surface area (Å²) in [4.78, 5) is 75.8. The highest BCUT2D eigenvalue weighted by atomic mass is 28.4. The molecule has 338 valence electrons. The molecule has 13 heteroatoms. The van der Waals surface area contributed by atoms with Crippen LogP contribution < -0.4 is 31.1 Å². The molecular formula is C51H63N5O7Si. The van der Waals surface area contributed by atoms with Gasteiger partial charge in [0.2, 0.25) is 23.6 Å². The van der Waals surface area contributed by atoms with E-state index in [4.69, 9.17) is 9.16 Å². The Hall–Kier alpha value is -5.92. The fourth-order valence-electron chi connectivity index (χ4n) is 8.61. The molecule has 2 aliphatic heterocycles. The van der Waals surface area contributed by atoms with E-state index in [2.05, 4.69) is 66.0 Å². The predicted molar refractivity (Wildman–Crippen MR) is 250 cm³/mol. The first-order valence-electron chi connectivity index (χ1n) is 22.5. The number of carbonyl (C=O) groups excluding carboxylic acids is 5. The van der Waals surface area contributed by atoms with Crippen molar-refractivity contribution in [2.75, 3.05) is 6.54 Å². The maximum atomic E-state index is 14.3. The summed E-state index contributed by atoms with van der Waals surface area (Å²) in [7, 11) is -2.96. The average molecular weight is 886 g/mol. The number of hydrogen-bond donors (Lipinski definition) is 3. The van der Waals surface area contributed by atoms with Crippen LogP contribution in [0.2, 0.25) is 5.04 Å². The number of benzene rings is 3. The van der Waals surface area contributed by atoms with Crippen LogP contribution in [0, 0.1) is 0 Å². The minimum atomic E-state index is -2.96. The number of carbonyl (C=O) groups is 5. The van der Waals surface area contributed by atoms with E-state index in [0.29, 0.717) is 44.6 Å².